The Morgan fingerprint density at radius 1 is 1.21 bits per heavy atom. The van der Waals surface area contributed by atoms with Gasteiger partial charge in [0.25, 0.3) is 5.56 Å². The molecule has 0 aliphatic rings. The van der Waals surface area contributed by atoms with E-state index < -0.39 is 12.1 Å². The minimum atomic E-state index is -0.640. The van der Waals surface area contributed by atoms with Gasteiger partial charge in [0.2, 0.25) is 0 Å². The number of esters is 1. The van der Waals surface area contributed by atoms with Crippen LogP contribution in [0.4, 0.5) is 0 Å². The lowest BCUT2D eigenvalue weighted by molar-refractivity contribution is 0.0320. The number of benzene rings is 1. The van der Waals surface area contributed by atoms with Crippen LogP contribution in [-0.2, 0) is 4.74 Å². The molecule has 24 heavy (non-hydrogen) atoms. The summed E-state index contributed by atoms with van der Waals surface area (Å²) < 4.78 is 5.44. The first-order valence-corrected chi connectivity index (χ1v) is 8.46. The lowest BCUT2D eigenvalue weighted by Crippen LogP contribution is -2.17. The molecule has 6 heteroatoms. The minimum Gasteiger partial charge on any atom is -0.451 e. The van der Waals surface area contributed by atoms with Crippen molar-refractivity contribution in [2.75, 3.05) is 0 Å². The van der Waals surface area contributed by atoms with Crippen LogP contribution >= 0.6 is 11.3 Å². The number of hydrogen-bond donors (Lipinski definition) is 1. The molecule has 0 saturated carbocycles. The lowest BCUT2D eigenvalue weighted by Gasteiger charge is -2.12. The monoisotopic (exact) mass is 342 g/mol. The quantitative estimate of drug-likeness (QED) is 0.734. The first-order chi connectivity index (χ1) is 11.4. The summed E-state index contributed by atoms with van der Waals surface area (Å²) in [6, 6.07) is 7.14. The van der Waals surface area contributed by atoms with Crippen molar-refractivity contribution in [3.63, 3.8) is 0 Å². The predicted molar refractivity (Wildman–Crippen MR) is 94.7 cm³/mol. The number of thiophene rings is 1. The van der Waals surface area contributed by atoms with Gasteiger partial charge in [0.05, 0.1) is 10.9 Å². The van der Waals surface area contributed by atoms with Gasteiger partial charge in [-0.25, -0.2) is 9.78 Å². The highest BCUT2D eigenvalue weighted by Crippen LogP contribution is 2.27. The number of nitrogens with zero attached hydrogens (tertiary/aromatic N) is 1. The molecule has 3 rings (SSSR count). The third kappa shape index (κ3) is 2.97. The van der Waals surface area contributed by atoms with Crippen LogP contribution < -0.4 is 5.56 Å². The Labute approximate surface area is 143 Å². The number of aromatic nitrogens is 2. The molecule has 0 bridgehead atoms. The topological polar surface area (TPSA) is 72.0 Å². The second-order valence-corrected chi connectivity index (χ2v) is 7.03. The molecule has 0 saturated heterocycles. The Morgan fingerprint density at radius 3 is 2.54 bits per heavy atom. The Balaban J connectivity index is 1.88. The Hall–Kier alpha value is -2.47. The van der Waals surface area contributed by atoms with E-state index in [9.17, 15) is 9.59 Å². The van der Waals surface area contributed by atoms with Gasteiger partial charge in [0, 0.05) is 4.88 Å². The van der Waals surface area contributed by atoms with Gasteiger partial charge in [0.1, 0.15) is 4.83 Å². The molecule has 3 aromatic rings. The van der Waals surface area contributed by atoms with Gasteiger partial charge in [-0.2, -0.15) is 0 Å². The average molecular weight is 342 g/mol. The van der Waals surface area contributed by atoms with Gasteiger partial charge >= 0.3 is 5.97 Å². The number of aromatic amines is 1. The van der Waals surface area contributed by atoms with E-state index in [1.807, 2.05) is 32.9 Å². The highest BCUT2D eigenvalue weighted by Gasteiger charge is 2.18. The molecule has 0 aliphatic carbocycles. The number of carbonyl (C=O) groups excluding carboxylic acids is 1. The van der Waals surface area contributed by atoms with Crippen LogP contribution in [0.3, 0.4) is 0 Å². The van der Waals surface area contributed by atoms with Crippen molar-refractivity contribution in [2.24, 2.45) is 0 Å². The molecule has 2 heterocycles. The van der Waals surface area contributed by atoms with Crippen LogP contribution in [0.15, 0.2) is 29.1 Å². The first-order valence-electron chi connectivity index (χ1n) is 7.64. The normalized spacial score (nSPS) is 12.3. The van der Waals surface area contributed by atoms with Crippen molar-refractivity contribution in [3.05, 3.63) is 62.0 Å². The van der Waals surface area contributed by atoms with E-state index in [1.54, 1.807) is 19.1 Å². The SMILES string of the molecule is Cc1ccc(C(=O)O[C@@H](C)c2nc3sc(C)c(C)c3c(=O)[nH]2)cc1. The van der Waals surface area contributed by atoms with Crippen LogP contribution in [0.5, 0.6) is 0 Å². The fourth-order valence-electron chi connectivity index (χ4n) is 2.44. The summed E-state index contributed by atoms with van der Waals surface area (Å²) in [5, 5.41) is 0.610. The third-order valence-electron chi connectivity index (χ3n) is 4.01. The maximum atomic E-state index is 12.3. The molecule has 5 nitrogen and oxygen atoms in total. The molecular formula is C18H18N2O3S. The van der Waals surface area contributed by atoms with E-state index in [-0.39, 0.29) is 5.56 Å². The highest BCUT2D eigenvalue weighted by atomic mass is 32.1. The largest absolute Gasteiger partial charge is 0.451 e. The van der Waals surface area contributed by atoms with E-state index >= 15 is 0 Å². The molecule has 0 fully saturated rings. The molecule has 1 N–H and O–H groups in total. The van der Waals surface area contributed by atoms with Gasteiger partial charge in [-0.15, -0.1) is 11.3 Å². The van der Waals surface area contributed by atoms with Gasteiger partial charge in [-0.3, -0.25) is 4.79 Å². The number of rotatable bonds is 3. The fraction of sp³-hybridized carbons (Fsp3) is 0.278. The summed E-state index contributed by atoms with van der Waals surface area (Å²) in [6.45, 7) is 7.52. The number of carbonyl (C=O) groups is 1. The van der Waals surface area contributed by atoms with Gasteiger partial charge in [0.15, 0.2) is 11.9 Å². The number of H-pyrrole nitrogens is 1. The van der Waals surface area contributed by atoms with Crippen molar-refractivity contribution in [1.82, 2.24) is 9.97 Å². The van der Waals surface area contributed by atoms with E-state index in [0.29, 0.717) is 21.6 Å². The lowest BCUT2D eigenvalue weighted by atomic mass is 10.1. The van der Waals surface area contributed by atoms with E-state index in [1.165, 1.54) is 11.3 Å². The number of hydrogen-bond acceptors (Lipinski definition) is 5. The Morgan fingerprint density at radius 2 is 1.88 bits per heavy atom. The van der Waals surface area contributed by atoms with Crippen molar-refractivity contribution >= 4 is 27.5 Å². The van der Waals surface area contributed by atoms with Crippen LogP contribution in [0.25, 0.3) is 10.2 Å². The Bertz CT molecular complexity index is 970. The smallest absolute Gasteiger partial charge is 0.338 e. The number of fused-ring (bicyclic) bond motifs is 1. The van der Waals surface area contributed by atoms with E-state index in [4.69, 9.17) is 4.74 Å². The zero-order valence-electron chi connectivity index (χ0n) is 14.0. The second-order valence-electron chi connectivity index (χ2n) is 5.83. The maximum absolute atomic E-state index is 12.3. The second kappa shape index (κ2) is 6.20. The number of nitrogens with one attached hydrogen (secondary N) is 1. The van der Waals surface area contributed by atoms with E-state index in [0.717, 1.165) is 16.0 Å². The number of aryl methyl sites for hydroxylation is 3. The molecule has 0 amide bonds. The van der Waals surface area contributed by atoms with Crippen molar-refractivity contribution < 1.29 is 9.53 Å². The summed E-state index contributed by atoms with van der Waals surface area (Å²) in [5.41, 5.74) is 2.29. The maximum Gasteiger partial charge on any atom is 0.338 e. The zero-order chi connectivity index (χ0) is 17.4. The summed E-state index contributed by atoms with van der Waals surface area (Å²) in [6.07, 6.45) is -0.640. The van der Waals surface area contributed by atoms with Gasteiger partial charge in [-0.05, 0) is 45.4 Å². The van der Waals surface area contributed by atoms with Crippen LogP contribution in [0.1, 0.15) is 45.2 Å². The summed E-state index contributed by atoms with van der Waals surface area (Å²) in [4.78, 5) is 33.4. The molecule has 1 aromatic carbocycles. The minimum absolute atomic E-state index is 0.199. The standard InChI is InChI=1S/C18H18N2O3S/c1-9-5-7-13(8-6-9)18(22)23-11(3)15-19-16(21)14-10(2)12(4)24-17(14)20-15/h5-8,11H,1-4H3,(H,19,20,21)/t11-/m0/s1. The Kier molecular flexibility index (Phi) is 4.24. The predicted octanol–water partition coefficient (Wildman–Crippen LogP) is 3.83. The zero-order valence-corrected chi connectivity index (χ0v) is 14.8. The van der Waals surface area contributed by atoms with E-state index in [2.05, 4.69) is 9.97 Å². The van der Waals surface area contributed by atoms with Gasteiger partial charge in [-0.1, -0.05) is 17.7 Å². The highest BCUT2D eigenvalue weighted by molar-refractivity contribution is 7.18. The molecule has 0 aliphatic heterocycles. The van der Waals surface area contributed by atoms with Crippen LogP contribution in [0, 0.1) is 20.8 Å². The van der Waals surface area contributed by atoms with Crippen LogP contribution in [-0.4, -0.2) is 15.9 Å². The molecule has 0 radical (unpaired) electrons. The molecule has 1 atom stereocenters. The average Bonchev–Trinajstić information content (AvgIpc) is 2.82. The van der Waals surface area contributed by atoms with Crippen molar-refractivity contribution in [2.45, 2.75) is 33.8 Å². The molecule has 2 aromatic heterocycles. The summed E-state index contributed by atoms with van der Waals surface area (Å²) in [5.74, 6) is -0.0852. The molecule has 0 spiro atoms. The fourth-order valence-corrected chi connectivity index (χ4v) is 3.47. The molecule has 0 unspecified atom stereocenters. The molecular weight excluding hydrogens is 324 g/mol. The number of ether oxygens (including phenoxy) is 1. The van der Waals surface area contributed by atoms with Crippen LogP contribution in [0.2, 0.25) is 0 Å². The van der Waals surface area contributed by atoms with Crippen molar-refractivity contribution in [3.8, 4) is 0 Å². The third-order valence-corrected chi connectivity index (χ3v) is 5.11. The summed E-state index contributed by atoms with van der Waals surface area (Å²) in [7, 11) is 0. The molecule has 124 valence electrons. The summed E-state index contributed by atoms with van der Waals surface area (Å²) >= 11 is 1.47. The first kappa shape index (κ1) is 16.4. The van der Waals surface area contributed by atoms with Gasteiger partial charge < -0.3 is 9.72 Å². The van der Waals surface area contributed by atoms with Crippen molar-refractivity contribution in [1.29, 1.82) is 0 Å².